The second kappa shape index (κ2) is 5.99. The minimum atomic E-state index is -0.346. The molecule has 1 saturated carbocycles. The first-order valence-corrected chi connectivity index (χ1v) is 8.51. The van der Waals surface area contributed by atoms with E-state index in [0.29, 0.717) is 32.1 Å². The van der Waals surface area contributed by atoms with Gasteiger partial charge in [0.25, 0.3) is 0 Å². The monoisotopic (exact) mass is 314 g/mol. The van der Waals surface area contributed by atoms with Crippen molar-refractivity contribution in [1.29, 1.82) is 0 Å². The molecule has 1 aromatic rings. The summed E-state index contributed by atoms with van der Waals surface area (Å²) in [4.78, 5) is 28.8. The van der Waals surface area contributed by atoms with E-state index >= 15 is 0 Å². The SMILES string of the molecule is CC(C)(C)C(=O)N1CCN(C(=O)C2CC2c2ccccc2)CC1. The maximum Gasteiger partial charge on any atom is 0.228 e. The predicted octanol–water partition coefficient (Wildman–Crippen LogP) is 2.51. The molecular formula is C19H26N2O2. The second-order valence-electron chi connectivity index (χ2n) is 7.73. The van der Waals surface area contributed by atoms with E-state index in [9.17, 15) is 9.59 Å². The Morgan fingerprint density at radius 2 is 1.52 bits per heavy atom. The molecule has 124 valence electrons. The number of carbonyl (C=O) groups excluding carboxylic acids is 2. The van der Waals surface area contributed by atoms with Crippen molar-refractivity contribution in [1.82, 2.24) is 9.80 Å². The van der Waals surface area contributed by atoms with Crippen molar-refractivity contribution in [3.05, 3.63) is 35.9 Å². The fourth-order valence-electron chi connectivity index (χ4n) is 3.38. The summed E-state index contributed by atoms with van der Waals surface area (Å²) < 4.78 is 0. The van der Waals surface area contributed by atoms with Gasteiger partial charge in [-0.15, -0.1) is 0 Å². The van der Waals surface area contributed by atoms with E-state index in [-0.39, 0.29) is 23.1 Å². The third-order valence-corrected chi connectivity index (χ3v) is 4.86. The Labute approximate surface area is 138 Å². The Hall–Kier alpha value is -1.84. The van der Waals surface area contributed by atoms with Crippen LogP contribution in [0.5, 0.6) is 0 Å². The van der Waals surface area contributed by atoms with Crippen molar-refractivity contribution in [3.63, 3.8) is 0 Å². The lowest BCUT2D eigenvalue weighted by Crippen LogP contribution is -2.53. The average molecular weight is 314 g/mol. The molecule has 1 aromatic carbocycles. The Bertz CT molecular complexity index is 583. The van der Waals surface area contributed by atoms with Crippen LogP contribution in [0.3, 0.4) is 0 Å². The second-order valence-corrected chi connectivity index (χ2v) is 7.73. The molecule has 0 spiro atoms. The van der Waals surface area contributed by atoms with Gasteiger partial charge in [0, 0.05) is 37.5 Å². The molecule has 1 heterocycles. The molecule has 2 unspecified atom stereocenters. The highest BCUT2D eigenvalue weighted by Crippen LogP contribution is 2.48. The van der Waals surface area contributed by atoms with Crippen molar-refractivity contribution in [2.24, 2.45) is 11.3 Å². The van der Waals surface area contributed by atoms with Gasteiger partial charge in [0.15, 0.2) is 0 Å². The first-order chi connectivity index (χ1) is 10.9. The zero-order valence-corrected chi connectivity index (χ0v) is 14.3. The van der Waals surface area contributed by atoms with Gasteiger partial charge in [-0.2, -0.15) is 0 Å². The summed E-state index contributed by atoms with van der Waals surface area (Å²) in [5.74, 6) is 0.972. The first kappa shape index (κ1) is 16.0. The fourth-order valence-corrected chi connectivity index (χ4v) is 3.38. The number of carbonyl (C=O) groups is 2. The van der Waals surface area contributed by atoms with E-state index in [2.05, 4.69) is 12.1 Å². The topological polar surface area (TPSA) is 40.6 Å². The highest BCUT2D eigenvalue weighted by atomic mass is 16.2. The molecule has 0 radical (unpaired) electrons. The number of nitrogens with zero attached hydrogens (tertiary/aromatic N) is 2. The molecule has 2 fully saturated rings. The van der Waals surface area contributed by atoms with E-state index in [1.807, 2.05) is 48.8 Å². The van der Waals surface area contributed by atoms with E-state index < -0.39 is 0 Å². The maximum atomic E-state index is 12.6. The van der Waals surface area contributed by atoms with Gasteiger partial charge in [0.05, 0.1) is 0 Å². The van der Waals surface area contributed by atoms with Gasteiger partial charge in [-0.05, 0) is 17.9 Å². The maximum absolute atomic E-state index is 12.6. The minimum absolute atomic E-state index is 0.141. The van der Waals surface area contributed by atoms with Gasteiger partial charge in [-0.3, -0.25) is 9.59 Å². The van der Waals surface area contributed by atoms with Crippen LogP contribution in [0.2, 0.25) is 0 Å². The van der Waals surface area contributed by atoms with Gasteiger partial charge < -0.3 is 9.80 Å². The standard InChI is InChI=1S/C19H26N2O2/c1-19(2,3)18(23)21-11-9-20(10-12-21)17(22)16-13-15(16)14-7-5-4-6-8-14/h4-8,15-16H,9-13H2,1-3H3. The van der Waals surface area contributed by atoms with Crippen LogP contribution >= 0.6 is 0 Å². The van der Waals surface area contributed by atoms with Gasteiger partial charge in [-0.1, -0.05) is 51.1 Å². The van der Waals surface area contributed by atoms with Crippen molar-refractivity contribution < 1.29 is 9.59 Å². The van der Waals surface area contributed by atoms with E-state index in [1.165, 1.54) is 5.56 Å². The first-order valence-electron chi connectivity index (χ1n) is 8.51. The number of rotatable bonds is 2. The van der Waals surface area contributed by atoms with Gasteiger partial charge in [0.2, 0.25) is 11.8 Å². The zero-order chi connectivity index (χ0) is 16.6. The molecule has 0 N–H and O–H groups in total. The Kier molecular flexibility index (Phi) is 4.17. The quantitative estimate of drug-likeness (QED) is 0.841. The molecule has 4 heteroatoms. The molecule has 1 aliphatic heterocycles. The minimum Gasteiger partial charge on any atom is -0.339 e. The van der Waals surface area contributed by atoms with Crippen LogP contribution in [0, 0.1) is 11.3 Å². The van der Waals surface area contributed by atoms with E-state index in [4.69, 9.17) is 0 Å². The Morgan fingerprint density at radius 1 is 0.957 bits per heavy atom. The van der Waals surface area contributed by atoms with Crippen LogP contribution in [-0.2, 0) is 9.59 Å². The lowest BCUT2D eigenvalue weighted by atomic mass is 9.94. The van der Waals surface area contributed by atoms with Crippen LogP contribution in [0.15, 0.2) is 30.3 Å². The molecule has 1 aliphatic carbocycles. The zero-order valence-electron chi connectivity index (χ0n) is 14.3. The van der Waals surface area contributed by atoms with Crippen LogP contribution in [-0.4, -0.2) is 47.8 Å². The van der Waals surface area contributed by atoms with Crippen molar-refractivity contribution in [3.8, 4) is 0 Å². The smallest absolute Gasteiger partial charge is 0.228 e. The molecule has 2 atom stereocenters. The van der Waals surface area contributed by atoms with Crippen LogP contribution in [0.25, 0.3) is 0 Å². The van der Waals surface area contributed by atoms with Crippen molar-refractivity contribution in [2.45, 2.75) is 33.1 Å². The molecule has 3 rings (SSSR count). The summed E-state index contributed by atoms with van der Waals surface area (Å²) in [6.45, 7) is 8.48. The summed E-state index contributed by atoms with van der Waals surface area (Å²) in [6.07, 6.45) is 0.962. The number of hydrogen-bond donors (Lipinski definition) is 0. The summed E-state index contributed by atoms with van der Waals surface area (Å²) >= 11 is 0. The third kappa shape index (κ3) is 3.41. The third-order valence-electron chi connectivity index (χ3n) is 4.86. The summed E-state index contributed by atoms with van der Waals surface area (Å²) in [5, 5.41) is 0. The number of hydrogen-bond acceptors (Lipinski definition) is 2. The number of piperazine rings is 1. The van der Waals surface area contributed by atoms with E-state index in [0.717, 1.165) is 6.42 Å². The summed E-state index contributed by atoms with van der Waals surface area (Å²) in [6, 6.07) is 10.3. The molecule has 1 saturated heterocycles. The van der Waals surface area contributed by atoms with Crippen molar-refractivity contribution in [2.75, 3.05) is 26.2 Å². The summed E-state index contributed by atoms with van der Waals surface area (Å²) in [7, 11) is 0. The molecule has 2 amide bonds. The lowest BCUT2D eigenvalue weighted by molar-refractivity contribution is -0.145. The molecule has 2 aliphatic rings. The van der Waals surface area contributed by atoms with Gasteiger partial charge in [0.1, 0.15) is 0 Å². The Balaban J connectivity index is 1.53. The Morgan fingerprint density at radius 3 is 2.09 bits per heavy atom. The fraction of sp³-hybridized carbons (Fsp3) is 0.579. The lowest BCUT2D eigenvalue weighted by Gasteiger charge is -2.37. The van der Waals surface area contributed by atoms with E-state index in [1.54, 1.807) is 0 Å². The van der Waals surface area contributed by atoms with Gasteiger partial charge in [-0.25, -0.2) is 0 Å². The van der Waals surface area contributed by atoms with Crippen LogP contribution in [0.1, 0.15) is 38.7 Å². The van der Waals surface area contributed by atoms with Crippen molar-refractivity contribution >= 4 is 11.8 Å². The molecule has 0 bridgehead atoms. The number of amides is 2. The number of benzene rings is 1. The average Bonchev–Trinajstić information content (AvgIpc) is 3.34. The highest BCUT2D eigenvalue weighted by Gasteiger charge is 2.46. The van der Waals surface area contributed by atoms with Crippen LogP contribution < -0.4 is 0 Å². The molecule has 23 heavy (non-hydrogen) atoms. The summed E-state index contributed by atoms with van der Waals surface area (Å²) in [5.41, 5.74) is 0.925. The molecular weight excluding hydrogens is 288 g/mol. The predicted molar refractivity (Wildman–Crippen MR) is 89.9 cm³/mol. The van der Waals surface area contributed by atoms with Crippen LogP contribution in [0.4, 0.5) is 0 Å². The van der Waals surface area contributed by atoms with Gasteiger partial charge >= 0.3 is 0 Å². The normalized spacial score (nSPS) is 24.5. The highest BCUT2D eigenvalue weighted by molar-refractivity contribution is 5.84. The molecule has 0 aromatic heterocycles. The largest absolute Gasteiger partial charge is 0.339 e. The molecule has 4 nitrogen and oxygen atoms in total.